The molecular weight excluding hydrogens is 148 g/mol. The molecule has 2 aliphatic heterocycles. The number of carbonyl (C=O) groups excluding carboxylic acids is 1. The van der Waals surface area contributed by atoms with Crippen molar-refractivity contribution in [2.75, 3.05) is 6.54 Å². The summed E-state index contributed by atoms with van der Waals surface area (Å²) in [6, 6.07) is -0.772. The van der Waals surface area contributed by atoms with Crippen molar-refractivity contribution in [2.45, 2.75) is 18.5 Å². The lowest BCUT2D eigenvalue weighted by molar-refractivity contribution is -0.141. The summed E-state index contributed by atoms with van der Waals surface area (Å²) in [6.45, 7) is 0.551. The van der Waals surface area contributed by atoms with E-state index in [1.165, 1.54) is 4.90 Å². The summed E-state index contributed by atoms with van der Waals surface area (Å²) in [4.78, 5) is 22.8. The van der Waals surface area contributed by atoms with Crippen molar-refractivity contribution < 1.29 is 14.7 Å². The third-order valence-corrected chi connectivity index (χ3v) is 2.17. The molecular formula is C6H8N2O3. The van der Waals surface area contributed by atoms with Gasteiger partial charge in [-0.1, -0.05) is 0 Å². The summed E-state index contributed by atoms with van der Waals surface area (Å²) < 4.78 is 0. The van der Waals surface area contributed by atoms with Crippen LogP contribution in [0.25, 0.3) is 0 Å². The standard InChI is InChI=1S/C6H8N2O3/c9-5(10)4-1-3-2-8(4)6(11)7-3/h3-4H,1-2H2,(H,7,11)(H,9,10)/t3-,4?/m1/s1. The van der Waals surface area contributed by atoms with Gasteiger partial charge in [0.05, 0.1) is 6.04 Å². The molecule has 0 aliphatic carbocycles. The molecule has 0 aromatic heterocycles. The predicted molar refractivity (Wildman–Crippen MR) is 35.1 cm³/mol. The zero-order valence-electron chi connectivity index (χ0n) is 5.78. The number of nitrogens with one attached hydrogen (secondary N) is 1. The van der Waals surface area contributed by atoms with Gasteiger partial charge in [0.25, 0.3) is 0 Å². The van der Waals surface area contributed by atoms with Gasteiger partial charge in [-0.3, -0.25) is 0 Å². The minimum atomic E-state index is -0.901. The number of amides is 2. The third-order valence-electron chi connectivity index (χ3n) is 2.17. The molecule has 5 nitrogen and oxygen atoms in total. The normalized spacial score (nSPS) is 34.2. The molecule has 2 bridgehead atoms. The van der Waals surface area contributed by atoms with Crippen LogP contribution in [0.2, 0.25) is 0 Å². The third kappa shape index (κ3) is 0.768. The molecule has 11 heavy (non-hydrogen) atoms. The Morgan fingerprint density at radius 3 is 2.82 bits per heavy atom. The molecule has 2 aliphatic rings. The summed E-state index contributed by atoms with van der Waals surface area (Å²) >= 11 is 0. The number of aliphatic carboxylic acids is 1. The van der Waals surface area contributed by atoms with E-state index in [-0.39, 0.29) is 12.1 Å². The minimum absolute atomic E-state index is 0.0589. The second kappa shape index (κ2) is 1.87. The largest absolute Gasteiger partial charge is 0.480 e. The van der Waals surface area contributed by atoms with Crippen LogP contribution in [-0.4, -0.2) is 40.6 Å². The Hall–Kier alpha value is -1.26. The number of carbonyl (C=O) groups is 2. The highest BCUT2D eigenvalue weighted by Crippen LogP contribution is 2.23. The Balaban J connectivity index is 2.18. The number of rotatable bonds is 1. The van der Waals surface area contributed by atoms with Crippen LogP contribution < -0.4 is 5.32 Å². The van der Waals surface area contributed by atoms with E-state index >= 15 is 0 Å². The second-order valence-electron chi connectivity index (χ2n) is 2.89. The number of carboxylic acids is 1. The molecule has 2 saturated heterocycles. The van der Waals surface area contributed by atoms with Crippen LogP contribution in [0.4, 0.5) is 4.79 Å². The minimum Gasteiger partial charge on any atom is -0.480 e. The monoisotopic (exact) mass is 156 g/mol. The van der Waals surface area contributed by atoms with Gasteiger partial charge >= 0.3 is 12.0 Å². The van der Waals surface area contributed by atoms with Gasteiger partial charge in [-0.15, -0.1) is 0 Å². The average molecular weight is 156 g/mol. The van der Waals surface area contributed by atoms with Crippen molar-refractivity contribution in [3.63, 3.8) is 0 Å². The van der Waals surface area contributed by atoms with Gasteiger partial charge < -0.3 is 15.3 Å². The van der Waals surface area contributed by atoms with Crippen molar-refractivity contribution >= 4 is 12.0 Å². The molecule has 0 aromatic rings. The molecule has 2 heterocycles. The summed E-state index contributed by atoms with van der Waals surface area (Å²) in [5.74, 6) is -0.901. The molecule has 2 fully saturated rings. The Morgan fingerprint density at radius 1 is 1.73 bits per heavy atom. The predicted octanol–water partition coefficient (Wildman–Crippen LogP) is -0.763. The van der Waals surface area contributed by atoms with Crippen molar-refractivity contribution in [1.29, 1.82) is 0 Å². The fourth-order valence-corrected chi connectivity index (χ4v) is 1.66. The zero-order chi connectivity index (χ0) is 8.01. The van der Waals surface area contributed by atoms with E-state index in [4.69, 9.17) is 5.11 Å². The van der Waals surface area contributed by atoms with Gasteiger partial charge in [-0.2, -0.15) is 0 Å². The van der Waals surface area contributed by atoms with Crippen LogP contribution in [-0.2, 0) is 4.79 Å². The number of carboxylic acid groups (broad SMARTS) is 1. The quantitative estimate of drug-likeness (QED) is 0.524. The number of urea groups is 1. The first-order chi connectivity index (χ1) is 5.18. The molecule has 2 amide bonds. The maximum atomic E-state index is 10.9. The summed E-state index contributed by atoms with van der Waals surface area (Å²) in [6.07, 6.45) is 0.543. The number of fused-ring (bicyclic) bond motifs is 2. The van der Waals surface area contributed by atoms with Crippen LogP contribution in [0.15, 0.2) is 0 Å². The number of hydrogen-bond donors (Lipinski definition) is 2. The van der Waals surface area contributed by atoms with E-state index in [1.807, 2.05) is 0 Å². The molecule has 60 valence electrons. The van der Waals surface area contributed by atoms with Gasteiger partial charge in [0.15, 0.2) is 0 Å². The van der Waals surface area contributed by atoms with Crippen LogP contribution in [0, 0.1) is 0 Å². The Bertz CT molecular complexity index is 228. The van der Waals surface area contributed by atoms with Gasteiger partial charge in [0.1, 0.15) is 6.04 Å². The summed E-state index contributed by atoms with van der Waals surface area (Å²) in [7, 11) is 0. The first-order valence-corrected chi connectivity index (χ1v) is 3.48. The topological polar surface area (TPSA) is 69.6 Å². The van der Waals surface area contributed by atoms with E-state index < -0.39 is 12.0 Å². The smallest absolute Gasteiger partial charge is 0.326 e. The van der Waals surface area contributed by atoms with Crippen LogP contribution in [0.3, 0.4) is 0 Å². The van der Waals surface area contributed by atoms with Crippen molar-refractivity contribution in [3.05, 3.63) is 0 Å². The first-order valence-electron chi connectivity index (χ1n) is 3.48. The van der Waals surface area contributed by atoms with Crippen molar-refractivity contribution in [3.8, 4) is 0 Å². The number of hydrogen-bond acceptors (Lipinski definition) is 2. The highest BCUT2D eigenvalue weighted by Gasteiger charge is 2.45. The molecule has 2 atom stereocenters. The highest BCUT2D eigenvalue weighted by atomic mass is 16.4. The molecule has 2 rings (SSSR count). The molecule has 5 heteroatoms. The van der Waals surface area contributed by atoms with Crippen LogP contribution in [0.5, 0.6) is 0 Å². The van der Waals surface area contributed by atoms with Gasteiger partial charge in [-0.25, -0.2) is 9.59 Å². The lowest BCUT2D eigenvalue weighted by Gasteiger charge is -2.20. The van der Waals surface area contributed by atoms with Crippen LogP contribution >= 0.6 is 0 Å². The molecule has 0 saturated carbocycles. The van der Waals surface area contributed by atoms with Crippen molar-refractivity contribution in [2.24, 2.45) is 0 Å². The lowest BCUT2D eigenvalue weighted by atomic mass is 10.1. The molecule has 1 unspecified atom stereocenters. The van der Waals surface area contributed by atoms with E-state index in [0.717, 1.165) is 0 Å². The van der Waals surface area contributed by atoms with Gasteiger partial charge in [-0.05, 0) is 0 Å². The lowest BCUT2D eigenvalue weighted by Crippen LogP contribution is -2.45. The maximum Gasteiger partial charge on any atom is 0.326 e. The SMILES string of the molecule is O=C(O)C1C[C@@H]2CN1C(=O)N2. The van der Waals surface area contributed by atoms with E-state index in [1.54, 1.807) is 0 Å². The van der Waals surface area contributed by atoms with E-state index in [0.29, 0.717) is 13.0 Å². The Labute approximate surface area is 63.0 Å². The molecule has 2 N–H and O–H groups in total. The number of nitrogens with zero attached hydrogens (tertiary/aromatic N) is 1. The summed E-state index contributed by atoms with van der Waals surface area (Å²) in [5.41, 5.74) is 0. The Morgan fingerprint density at radius 2 is 2.45 bits per heavy atom. The van der Waals surface area contributed by atoms with Gasteiger partial charge in [0.2, 0.25) is 0 Å². The Kier molecular flexibility index (Phi) is 1.10. The van der Waals surface area contributed by atoms with Crippen molar-refractivity contribution in [1.82, 2.24) is 10.2 Å². The molecule has 0 spiro atoms. The second-order valence-corrected chi connectivity index (χ2v) is 2.89. The molecule has 0 radical (unpaired) electrons. The fraction of sp³-hybridized carbons (Fsp3) is 0.667. The highest BCUT2D eigenvalue weighted by molar-refractivity contribution is 5.86. The molecule has 0 aromatic carbocycles. The fourth-order valence-electron chi connectivity index (χ4n) is 1.66. The zero-order valence-corrected chi connectivity index (χ0v) is 5.78. The van der Waals surface area contributed by atoms with E-state index in [2.05, 4.69) is 5.32 Å². The average Bonchev–Trinajstić information content (AvgIpc) is 2.43. The van der Waals surface area contributed by atoms with E-state index in [9.17, 15) is 9.59 Å². The van der Waals surface area contributed by atoms with Crippen LogP contribution in [0.1, 0.15) is 6.42 Å². The summed E-state index contributed by atoms with van der Waals surface area (Å²) in [5, 5.41) is 11.3. The first kappa shape index (κ1) is 6.45. The van der Waals surface area contributed by atoms with Gasteiger partial charge in [0, 0.05) is 13.0 Å². The maximum absolute atomic E-state index is 10.9.